The fourth-order valence-corrected chi connectivity index (χ4v) is 2.38. The number of hydrogen-bond acceptors (Lipinski definition) is 6. The third-order valence-corrected chi connectivity index (χ3v) is 3.75. The molecule has 0 aliphatic heterocycles. The summed E-state index contributed by atoms with van der Waals surface area (Å²) in [5.74, 6) is -0.559. The number of hydrogen-bond donors (Lipinski definition) is 3. The number of benzene rings is 1. The van der Waals surface area contributed by atoms with Gasteiger partial charge in [-0.1, -0.05) is 5.21 Å². The summed E-state index contributed by atoms with van der Waals surface area (Å²) in [4.78, 5) is 37.4. The Bertz CT molecular complexity index is 1010. The summed E-state index contributed by atoms with van der Waals surface area (Å²) in [7, 11) is 0. The predicted molar refractivity (Wildman–Crippen MR) is 86.8 cm³/mol. The van der Waals surface area contributed by atoms with Gasteiger partial charge in [-0.2, -0.15) is 0 Å². The Hall–Kier alpha value is -3.43. The smallest absolute Gasteiger partial charge is 0.408 e. The second-order valence-corrected chi connectivity index (χ2v) is 5.84. The SMILES string of the molecule is O=C(Cn1cc(NC(=O)C2CC2)nn1)Nc1ccc2oc(=O)[nH]c2c1. The molecule has 0 spiro atoms. The maximum atomic E-state index is 12.1. The van der Waals surface area contributed by atoms with E-state index in [-0.39, 0.29) is 24.3 Å². The van der Waals surface area contributed by atoms with Gasteiger partial charge in [-0.3, -0.25) is 14.6 Å². The summed E-state index contributed by atoms with van der Waals surface area (Å²) in [6, 6.07) is 4.81. The van der Waals surface area contributed by atoms with Crippen LogP contribution in [-0.2, 0) is 16.1 Å². The molecule has 1 aliphatic rings. The molecule has 1 fully saturated rings. The normalized spacial score (nSPS) is 13.8. The van der Waals surface area contributed by atoms with E-state index in [1.54, 1.807) is 18.2 Å². The highest BCUT2D eigenvalue weighted by Gasteiger charge is 2.30. The second kappa shape index (κ2) is 5.89. The zero-order chi connectivity index (χ0) is 17.4. The first-order valence-corrected chi connectivity index (χ1v) is 7.70. The average molecular weight is 342 g/mol. The number of aromatic amines is 1. The Balaban J connectivity index is 1.38. The Kier molecular flexibility index (Phi) is 3.56. The van der Waals surface area contributed by atoms with Crippen molar-refractivity contribution >= 4 is 34.4 Å². The molecule has 128 valence electrons. The summed E-state index contributed by atoms with van der Waals surface area (Å²) >= 11 is 0. The molecule has 2 amide bonds. The van der Waals surface area contributed by atoms with Gasteiger partial charge in [0.05, 0.1) is 11.7 Å². The standard InChI is InChI=1S/C15H14N6O4/c22-13(16-9-3-4-11-10(5-9)17-15(24)25-11)7-21-6-12(19-20-21)18-14(23)8-1-2-8/h3-6,8H,1-2,7H2,(H,16,22)(H,17,24)(H,18,23). The van der Waals surface area contributed by atoms with Crippen molar-refractivity contribution in [2.45, 2.75) is 19.4 Å². The highest BCUT2D eigenvalue weighted by Crippen LogP contribution is 2.29. The van der Waals surface area contributed by atoms with E-state index in [4.69, 9.17) is 4.42 Å². The number of oxazole rings is 1. The highest BCUT2D eigenvalue weighted by molar-refractivity contribution is 5.93. The van der Waals surface area contributed by atoms with Gasteiger partial charge in [-0.25, -0.2) is 9.48 Å². The lowest BCUT2D eigenvalue weighted by Gasteiger charge is -2.04. The number of carbonyl (C=O) groups excluding carboxylic acids is 2. The van der Waals surface area contributed by atoms with Crippen molar-refractivity contribution in [1.29, 1.82) is 0 Å². The molecule has 3 aromatic rings. The monoisotopic (exact) mass is 342 g/mol. The van der Waals surface area contributed by atoms with Gasteiger partial charge in [0.2, 0.25) is 11.8 Å². The molecule has 1 aliphatic carbocycles. The maximum Gasteiger partial charge on any atom is 0.417 e. The van der Waals surface area contributed by atoms with Crippen LogP contribution in [0, 0.1) is 5.92 Å². The van der Waals surface area contributed by atoms with Crippen LogP contribution < -0.4 is 16.4 Å². The van der Waals surface area contributed by atoms with E-state index in [2.05, 4.69) is 25.9 Å². The number of aromatic nitrogens is 4. The molecular weight excluding hydrogens is 328 g/mol. The first-order valence-electron chi connectivity index (χ1n) is 7.70. The molecule has 0 saturated heterocycles. The molecule has 1 saturated carbocycles. The predicted octanol–water partition coefficient (Wildman–Crippen LogP) is 0.700. The Morgan fingerprint density at radius 3 is 2.96 bits per heavy atom. The van der Waals surface area contributed by atoms with Gasteiger partial charge in [0.1, 0.15) is 6.54 Å². The average Bonchev–Trinajstić information content (AvgIpc) is 3.23. The molecule has 10 heteroatoms. The minimum absolute atomic E-state index is 0.0633. The molecule has 0 unspecified atom stereocenters. The van der Waals surface area contributed by atoms with E-state index in [1.807, 2.05) is 0 Å². The molecule has 2 aromatic heterocycles. The minimum Gasteiger partial charge on any atom is -0.408 e. The van der Waals surface area contributed by atoms with E-state index in [0.29, 0.717) is 22.6 Å². The summed E-state index contributed by atoms with van der Waals surface area (Å²) in [6.45, 7) is -0.0633. The van der Waals surface area contributed by atoms with Crippen LogP contribution in [0.25, 0.3) is 11.1 Å². The number of carbonyl (C=O) groups is 2. The van der Waals surface area contributed by atoms with Crippen LogP contribution in [0.3, 0.4) is 0 Å². The van der Waals surface area contributed by atoms with Gasteiger partial charge in [-0.05, 0) is 31.0 Å². The first-order chi connectivity index (χ1) is 12.1. The van der Waals surface area contributed by atoms with E-state index >= 15 is 0 Å². The summed E-state index contributed by atoms with van der Waals surface area (Å²) in [5.41, 5.74) is 1.42. The molecule has 2 heterocycles. The van der Waals surface area contributed by atoms with Crippen LogP contribution in [0.15, 0.2) is 33.6 Å². The fourth-order valence-electron chi connectivity index (χ4n) is 2.38. The van der Waals surface area contributed by atoms with Crippen molar-refractivity contribution in [3.8, 4) is 0 Å². The lowest BCUT2D eigenvalue weighted by molar-refractivity contribution is -0.117. The largest absolute Gasteiger partial charge is 0.417 e. The molecule has 10 nitrogen and oxygen atoms in total. The molecule has 25 heavy (non-hydrogen) atoms. The minimum atomic E-state index is -0.554. The van der Waals surface area contributed by atoms with E-state index in [1.165, 1.54) is 10.9 Å². The number of nitrogens with zero attached hydrogens (tertiary/aromatic N) is 3. The number of nitrogens with one attached hydrogen (secondary N) is 3. The fraction of sp³-hybridized carbons (Fsp3) is 0.267. The first kappa shape index (κ1) is 15.1. The van der Waals surface area contributed by atoms with Crippen LogP contribution in [0.1, 0.15) is 12.8 Å². The van der Waals surface area contributed by atoms with Crippen molar-refractivity contribution in [3.63, 3.8) is 0 Å². The van der Waals surface area contributed by atoms with E-state index in [0.717, 1.165) is 12.8 Å². The topological polar surface area (TPSA) is 135 Å². The van der Waals surface area contributed by atoms with Crippen LogP contribution in [-0.4, -0.2) is 31.8 Å². The quantitative estimate of drug-likeness (QED) is 0.624. The second-order valence-electron chi connectivity index (χ2n) is 5.84. The number of rotatable bonds is 5. The van der Waals surface area contributed by atoms with Gasteiger partial charge in [0.25, 0.3) is 0 Å². The van der Waals surface area contributed by atoms with Gasteiger partial charge < -0.3 is 15.1 Å². The van der Waals surface area contributed by atoms with Crippen molar-refractivity contribution in [1.82, 2.24) is 20.0 Å². The number of amides is 2. The van der Waals surface area contributed by atoms with Crippen LogP contribution >= 0.6 is 0 Å². The van der Waals surface area contributed by atoms with Crippen molar-refractivity contribution < 1.29 is 14.0 Å². The molecule has 0 bridgehead atoms. The summed E-state index contributed by atoms with van der Waals surface area (Å²) < 4.78 is 6.23. The molecule has 0 radical (unpaired) electrons. The van der Waals surface area contributed by atoms with Crippen molar-refractivity contribution in [3.05, 3.63) is 34.9 Å². The molecule has 0 atom stereocenters. The van der Waals surface area contributed by atoms with Crippen molar-refractivity contribution in [2.24, 2.45) is 5.92 Å². The van der Waals surface area contributed by atoms with Gasteiger partial charge >= 0.3 is 5.76 Å². The Morgan fingerprint density at radius 2 is 2.16 bits per heavy atom. The highest BCUT2D eigenvalue weighted by atomic mass is 16.4. The van der Waals surface area contributed by atoms with Crippen molar-refractivity contribution in [2.75, 3.05) is 10.6 Å². The van der Waals surface area contributed by atoms with Gasteiger partial charge in [0, 0.05) is 11.6 Å². The number of anilines is 2. The number of H-pyrrole nitrogens is 1. The van der Waals surface area contributed by atoms with Crippen LogP contribution in [0.4, 0.5) is 11.5 Å². The van der Waals surface area contributed by atoms with Gasteiger partial charge in [0.15, 0.2) is 11.4 Å². The molecule has 3 N–H and O–H groups in total. The number of fused-ring (bicyclic) bond motifs is 1. The van der Waals surface area contributed by atoms with Gasteiger partial charge in [-0.15, -0.1) is 5.10 Å². The van der Waals surface area contributed by atoms with E-state index < -0.39 is 5.76 Å². The molecular formula is C15H14N6O4. The molecule has 1 aromatic carbocycles. The summed E-state index contributed by atoms with van der Waals surface area (Å²) in [5, 5.41) is 13.0. The maximum absolute atomic E-state index is 12.1. The lowest BCUT2D eigenvalue weighted by atomic mass is 10.3. The van der Waals surface area contributed by atoms with Crippen LogP contribution in [0.2, 0.25) is 0 Å². The third-order valence-electron chi connectivity index (χ3n) is 3.75. The Morgan fingerprint density at radius 1 is 1.32 bits per heavy atom. The van der Waals surface area contributed by atoms with E-state index in [9.17, 15) is 14.4 Å². The lowest BCUT2D eigenvalue weighted by Crippen LogP contribution is -2.19. The zero-order valence-electron chi connectivity index (χ0n) is 13.0. The third kappa shape index (κ3) is 3.42. The zero-order valence-corrected chi connectivity index (χ0v) is 13.0. The van der Waals surface area contributed by atoms with Crippen LogP contribution in [0.5, 0.6) is 0 Å². The Labute approximate surface area is 140 Å². The summed E-state index contributed by atoms with van der Waals surface area (Å²) in [6.07, 6.45) is 3.29. The molecule has 4 rings (SSSR count).